The largest absolute Gasteiger partial charge is 0.481 e. The highest BCUT2D eigenvalue weighted by Gasteiger charge is 2.30. The Morgan fingerprint density at radius 3 is 0.685 bits per heavy atom. The van der Waals surface area contributed by atoms with Gasteiger partial charge in [0.1, 0.15) is 42.6 Å². The lowest BCUT2D eigenvalue weighted by Crippen LogP contribution is -2.18. The van der Waals surface area contributed by atoms with Gasteiger partial charge in [-0.3, -0.25) is 19.2 Å². The first-order chi connectivity index (χ1) is 43.5. The molecule has 92 heavy (non-hydrogen) atoms. The van der Waals surface area contributed by atoms with E-state index in [0.29, 0.717) is 0 Å². The van der Waals surface area contributed by atoms with E-state index in [2.05, 4.69) is 0 Å². The fourth-order valence-corrected chi connectivity index (χ4v) is 14.4. The number of esters is 2. The Hall–Kier alpha value is -9.36. The van der Waals surface area contributed by atoms with Crippen LogP contribution < -0.4 is 16.7 Å². The molecule has 1 aliphatic rings. The van der Waals surface area contributed by atoms with Crippen molar-refractivity contribution in [3.8, 4) is 23.0 Å². The first kappa shape index (κ1) is 67.0. The van der Waals surface area contributed by atoms with E-state index < -0.39 is 116 Å². The maximum atomic E-state index is 14.4. The maximum Gasteiger partial charge on any atom is 0.339 e. The average molecular weight is 1330 g/mol. The van der Waals surface area contributed by atoms with Gasteiger partial charge in [-0.25, -0.2) is 0 Å². The quantitative estimate of drug-likeness (QED) is 0.0471. The van der Waals surface area contributed by atoms with Crippen molar-refractivity contribution in [1.29, 1.82) is 0 Å². The van der Waals surface area contributed by atoms with E-state index in [1.807, 2.05) is 0 Å². The van der Waals surface area contributed by atoms with E-state index in [-0.39, 0.29) is 123 Å². The number of fused-ring (bicyclic) bond motifs is 8. The summed E-state index contributed by atoms with van der Waals surface area (Å²) in [6.45, 7) is 9.93. The second-order valence-electron chi connectivity index (χ2n) is 22.1. The number of hydrogen-bond acceptors (Lipinski definition) is 18. The molecular weight excluding hydrogens is 1260 g/mol. The highest BCUT2D eigenvalue weighted by molar-refractivity contribution is 7.88. The third-order valence-corrected chi connectivity index (χ3v) is 20.2. The standard InChI is InChI=1S/C68H64O20S4/c1-7-83-67(73)39-63-49-26-47-31-53(85-89(75,76)57-17-9-41(3)10-18-57)29-45(61(47)37-65(69)70)25-46-30-54(86-90(77,78)58-19-11-42(4)12-20-58)32-48(62(46)38-66(71)72)27-50-34-56(88-92(81,82)60-23-15-44(6)16-24-60)36-52(64(50)40-68(74)84-8-2)28-51(63)35-55(33-49)87-91(79,80)59-21-13-43(5)14-22-59/h9-24,29-36H,7-8,25-28,37-40H2,1-6H3,(H,69,70)(H,71,72). The van der Waals surface area contributed by atoms with Crippen LogP contribution in [0.25, 0.3) is 0 Å². The van der Waals surface area contributed by atoms with Gasteiger partial charge in [0.05, 0.1) is 38.9 Å². The number of carboxylic acid groups (broad SMARTS) is 2. The summed E-state index contributed by atoms with van der Waals surface area (Å²) in [6, 6.07) is 33.2. The molecule has 8 aromatic rings. The van der Waals surface area contributed by atoms with E-state index in [1.54, 1.807) is 90.1 Å². The van der Waals surface area contributed by atoms with Crippen LogP contribution in [0.4, 0.5) is 0 Å². The van der Waals surface area contributed by atoms with E-state index in [1.165, 1.54) is 97.1 Å². The molecule has 0 spiro atoms. The molecule has 0 unspecified atom stereocenters. The van der Waals surface area contributed by atoms with Gasteiger partial charge in [0.15, 0.2) is 0 Å². The SMILES string of the molecule is CCOC(=O)Cc1c2cc(OS(=O)(=O)c3ccc(C)cc3)cc1Cc1cc(OS(=O)(=O)c3ccc(C)cc3)cc(c1CC(=O)OCC)Cc1cc(OS(=O)(=O)c3ccc(C)cc3)cc(c1CC(=O)O)Cc1cc(OS(=O)(=O)c3ccc(C)cc3)cc(c1CC(=O)O)C2. The molecule has 0 saturated carbocycles. The van der Waals surface area contributed by atoms with Crippen LogP contribution in [0.5, 0.6) is 23.0 Å². The molecule has 0 saturated heterocycles. The van der Waals surface area contributed by atoms with Gasteiger partial charge < -0.3 is 36.4 Å². The highest BCUT2D eigenvalue weighted by Crippen LogP contribution is 2.40. The number of hydrogen-bond donors (Lipinski definition) is 2. The van der Waals surface area contributed by atoms with Crippen molar-refractivity contribution in [1.82, 2.24) is 0 Å². The number of benzene rings is 8. The lowest BCUT2D eigenvalue weighted by molar-refractivity contribution is -0.143. The molecule has 20 nitrogen and oxygen atoms in total. The second kappa shape index (κ2) is 27.6. The second-order valence-corrected chi connectivity index (χ2v) is 28.3. The molecule has 1 aliphatic carbocycles. The zero-order valence-electron chi connectivity index (χ0n) is 50.8. The van der Waals surface area contributed by atoms with Gasteiger partial charge in [0.25, 0.3) is 0 Å². The fourth-order valence-electron chi connectivity index (χ4n) is 10.8. The molecule has 8 bridgehead atoms. The normalized spacial score (nSPS) is 12.5. The summed E-state index contributed by atoms with van der Waals surface area (Å²) in [5.74, 6) is -5.85. The molecule has 0 aromatic heterocycles. The number of aryl methyl sites for hydroxylation is 4. The third kappa shape index (κ3) is 16.4. The highest BCUT2D eigenvalue weighted by atomic mass is 32.2. The van der Waals surface area contributed by atoms with E-state index >= 15 is 0 Å². The van der Waals surface area contributed by atoms with Gasteiger partial charge in [0, 0.05) is 0 Å². The Kier molecular flexibility index (Phi) is 20.1. The van der Waals surface area contributed by atoms with Gasteiger partial charge in [-0.15, -0.1) is 0 Å². The number of carboxylic acids is 2. The van der Waals surface area contributed by atoms with Crippen molar-refractivity contribution in [2.45, 2.75) is 112 Å². The Labute approximate surface area is 533 Å². The zero-order valence-corrected chi connectivity index (χ0v) is 54.1. The van der Waals surface area contributed by atoms with Crippen LogP contribution in [0.3, 0.4) is 0 Å². The first-order valence-electron chi connectivity index (χ1n) is 28.9. The monoisotopic (exact) mass is 1330 g/mol. The van der Waals surface area contributed by atoms with Crippen LogP contribution in [0.15, 0.2) is 165 Å². The van der Waals surface area contributed by atoms with Gasteiger partial charge in [-0.05, 0) is 231 Å². The lowest BCUT2D eigenvalue weighted by Gasteiger charge is -2.24. The molecule has 0 aliphatic heterocycles. The van der Waals surface area contributed by atoms with Crippen LogP contribution in [0.1, 0.15) is 103 Å². The number of rotatable bonds is 22. The molecule has 24 heteroatoms. The average Bonchev–Trinajstić information content (AvgIpc) is 0.771. The minimum absolute atomic E-state index is 0.00532. The molecule has 2 N–H and O–H groups in total. The molecule has 8 aromatic carbocycles. The Balaban J connectivity index is 1.42. The smallest absolute Gasteiger partial charge is 0.339 e. The predicted octanol–water partition coefficient (Wildman–Crippen LogP) is 10.1. The van der Waals surface area contributed by atoms with Crippen molar-refractivity contribution in [2.75, 3.05) is 13.2 Å². The molecule has 480 valence electrons. The first-order valence-corrected chi connectivity index (χ1v) is 34.5. The number of aliphatic carboxylic acids is 2. The molecule has 0 amide bonds. The van der Waals surface area contributed by atoms with Crippen LogP contribution in [0, 0.1) is 27.7 Å². The summed E-state index contributed by atoms with van der Waals surface area (Å²) >= 11 is 0. The lowest BCUT2D eigenvalue weighted by atomic mass is 9.82. The summed E-state index contributed by atoms with van der Waals surface area (Å²) in [5.41, 5.74) is 3.63. The van der Waals surface area contributed by atoms with Crippen molar-refractivity contribution >= 4 is 64.3 Å². The summed E-state index contributed by atoms with van der Waals surface area (Å²) in [4.78, 5) is 53.7. The molecule has 9 rings (SSSR count). The van der Waals surface area contributed by atoms with Crippen molar-refractivity contribution in [3.63, 3.8) is 0 Å². The third-order valence-electron chi connectivity index (χ3n) is 15.1. The van der Waals surface area contributed by atoms with E-state index in [4.69, 9.17) is 26.2 Å². The van der Waals surface area contributed by atoms with E-state index in [9.17, 15) is 63.1 Å². The van der Waals surface area contributed by atoms with Crippen molar-refractivity contribution in [3.05, 3.63) is 235 Å². The molecular formula is C68H64O20S4. The van der Waals surface area contributed by atoms with Crippen LogP contribution >= 0.6 is 0 Å². The van der Waals surface area contributed by atoms with Crippen LogP contribution in [-0.2, 0) is 120 Å². The summed E-state index contributed by atoms with van der Waals surface area (Å²) in [6.07, 6.45) is -4.59. The van der Waals surface area contributed by atoms with Gasteiger partial charge in [-0.1, -0.05) is 70.8 Å². The van der Waals surface area contributed by atoms with Crippen LogP contribution in [0.2, 0.25) is 0 Å². The Morgan fingerprint density at radius 2 is 0.511 bits per heavy atom. The number of carbonyl (C=O) groups is 4. The Morgan fingerprint density at radius 1 is 0.326 bits per heavy atom. The number of ether oxygens (including phenoxy) is 2. The Bertz CT molecular complexity index is 4360. The molecule has 0 radical (unpaired) electrons. The predicted molar refractivity (Wildman–Crippen MR) is 336 cm³/mol. The van der Waals surface area contributed by atoms with Gasteiger partial charge in [0.2, 0.25) is 0 Å². The number of carbonyl (C=O) groups excluding carboxylic acids is 2. The minimum Gasteiger partial charge on any atom is -0.481 e. The summed E-state index contributed by atoms with van der Waals surface area (Å²) < 4.78 is 149. The molecule has 0 heterocycles. The zero-order chi connectivity index (χ0) is 66.5. The van der Waals surface area contributed by atoms with Gasteiger partial charge >= 0.3 is 64.3 Å². The van der Waals surface area contributed by atoms with Crippen molar-refractivity contribution in [2.24, 2.45) is 0 Å². The minimum atomic E-state index is -4.72. The van der Waals surface area contributed by atoms with E-state index in [0.717, 1.165) is 22.3 Å². The summed E-state index contributed by atoms with van der Waals surface area (Å²) in [7, 11) is -18.8. The molecule has 0 atom stereocenters. The van der Waals surface area contributed by atoms with Crippen LogP contribution in [-0.4, -0.2) is 81.0 Å². The molecule has 0 fully saturated rings. The fraction of sp³-hybridized carbons (Fsp3) is 0.235. The topological polar surface area (TPSA) is 301 Å². The van der Waals surface area contributed by atoms with Gasteiger partial charge in [-0.2, -0.15) is 33.7 Å². The maximum absolute atomic E-state index is 14.4. The van der Waals surface area contributed by atoms with Crippen molar-refractivity contribution < 1.29 is 89.3 Å². The summed E-state index contributed by atoms with van der Waals surface area (Å²) in [5, 5.41) is 21.6.